The van der Waals surface area contributed by atoms with Crippen LogP contribution in [0.25, 0.3) is 4.91 Å². The van der Waals surface area contributed by atoms with E-state index < -0.39 is 4.92 Å². The van der Waals surface area contributed by atoms with Crippen molar-refractivity contribution in [1.82, 2.24) is 0 Å². The molecule has 3 rings (SSSR count). The Bertz CT molecular complexity index is 784. The van der Waals surface area contributed by atoms with Crippen molar-refractivity contribution < 1.29 is 9.72 Å². The fraction of sp³-hybridized carbons (Fsp3) is 0.0625. The average molecular weight is 312 g/mol. The number of nitro groups is 1. The van der Waals surface area contributed by atoms with Crippen LogP contribution < -0.4 is 4.90 Å². The highest BCUT2D eigenvalue weighted by atomic mass is 32.2. The predicted molar refractivity (Wildman–Crippen MR) is 86.5 cm³/mol. The van der Waals surface area contributed by atoms with E-state index in [0.29, 0.717) is 0 Å². The van der Waals surface area contributed by atoms with Crippen molar-refractivity contribution in [2.75, 3.05) is 4.90 Å². The molecule has 0 atom stereocenters. The monoisotopic (exact) mass is 312 g/mol. The summed E-state index contributed by atoms with van der Waals surface area (Å²) in [6.45, 7) is 1.51. The van der Waals surface area contributed by atoms with E-state index in [9.17, 15) is 14.9 Å². The van der Waals surface area contributed by atoms with Crippen molar-refractivity contribution in [1.29, 1.82) is 0 Å². The molecule has 6 heteroatoms. The average Bonchev–Trinajstić information content (AvgIpc) is 2.53. The second kappa shape index (κ2) is 5.65. The van der Waals surface area contributed by atoms with E-state index in [0.717, 1.165) is 21.1 Å². The SMILES string of the molecule is CC(=O)N1C=C(c2ccc([N+](=O)[O-])cc2)Sc2ccccc21. The minimum absolute atomic E-state index is 0.0500. The Labute approximate surface area is 131 Å². The molecule has 0 saturated carbocycles. The largest absolute Gasteiger partial charge is 0.286 e. The molecule has 1 aliphatic rings. The van der Waals surface area contributed by atoms with Crippen LogP contribution in [0.2, 0.25) is 0 Å². The summed E-state index contributed by atoms with van der Waals surface area (Å²) in [5.74, 6) is -0.0767. The predicted octanol–water partition coefficient (Wildman–Crippen LogP) is 4.05. The summed E-state index contributed by atoms with van der Waals surface area (Å²) in [5.41, 5.74) is 1.75. The molecule has 1 heterocycles. The van der Waals surface area contributed by atoms with E-state index in [1.807, 2.05) is 24.3 Å². The Kier molecular flexibility index (Phi) is 3.68. The van der Waals surface area contributed by atoms with Crippen LogP contribution in [0.4, 0.5) is 11.4 Å². The maximum Gasteiger partial charge on any atom is 0.269 e. The molecule has 0 N–H and O–H groups in total. The third kappa shape index (κ3) is 2.60. The van der Waals surface area contributed by atoms with Gasteiger partial charge in [0.25, 0.3) is 5.69 Å². The molecule has 0 fully saturated rings. The molecule has 0 saturated heterocycles. The number of nitrogens with zero attached hydrogens (tertiary/aromatic N) is 2. The van der Waals surface area contributed by atoms with Gasteiger partial charge in [-0.15, -0.1) is 0 Å². The molecule has 2 aromatic rings. The standard InChI is InChI=1S/C16H12N2O3S/c1-11(19)17-10-16(22-15-5-3-2-4-14(15)17)12-6-8-13(9-7-12)18(20)21/h2-10H,1H3. The third-order valence-corrected chi connectivity index (χ3v) is 4.42. The molecule has 5 nitrogen and oxygen atoms in total. The number of amides is 1. The summed E-state index contributed by atoms with van der Waals surface area (Å²) >= 11 is 1.54. The summed E-state index contributed by atoms with van der Waals surface area (Å²) < 4.78 is 0. The number of carbonyl (C=O) groups is 1. The smallest absolute Gasteiger partial charge is 0.269 e. The summed E-state index contributed by atoms with van der Waals surface area (Å²) in [6.07, 6.45) is 1.77. The number of hydrogen-bond acceptors (Lipinski definition) is 4. The molecule has 1 aliphatic heterocycles. The van der Waals surface area contributed by atoms with Gasteiger partial charge in [0, 0.05) is 35.1 Å². The lowest BCUT2D eigenvalue weighted by molar-refractivity contribution is -0.384. The molecular formula is C16H12N2O3S. The minimum Gasteiger partial charge on any atom is -0.286 e. The maximum atomic E-state index is 11.9. The van der Waals surface area contributed by atoms with Crippen LogP contribution in [0, 0.1) is 10.1 Å². The second-order valence-electron chi connectivity index (χ2n) is 4.76. The lowest BCUT2D eigenvalue weighted by Gasteiger charge is -2.26. The fourth-order valence-electron chi connectivity index (χ4n) is 2.22. The summed E-state index contributed by atoms with van der Waals surface area (Å²) in [6, 6.07) is 14.0. The number of para-hydroxylation sites is 1. The van der Waals surface area contributed by atoms with Crippen LogP contribution in [0.15, 0.2) is 59.6 Å². The van der Waals surface area contributed by atoms with Gasteiger partial charge in [0.2, 0.25) is 5.91 Å². The number of non-ortho nitro benzene ring substituents is 1. The lowest BCUT2D eigenvalue weighted by atomic mass is 10.2. The van der Waals surface area contributed by atoms with Crippen molar-refractivity contribution in [3.63, 3.8) is 0 Å². The Morgan fingerprint density at radius 2 is 1.82 bits per heavy atom. The Morgan fingerprint density at radius 1 is 1.14 bits per heavy atom. The Morgan fingerprint density at radius 3 is 2.45 bits per heavy atom. The van der Waals surface area contributed by atoms with Gasteiger partial charge in [-0.1, -0.05) is 23.9 Å². The quantitative estimate of drug-likeness (QED) is 0.620. The van der Waals surface area contributed by atoms with Crippen LogP contribution in [0.3, 0.4) is 0 Å². The summed E-state index contributed by atoms with van der Waals surface area (Å²) in [5, 5.41) is 10.7. The van der Waals surface area contributed by atoms with Gasteiger partial charge in [0.15, 0.2) is 0 Å². The van der Waals surface area contributed by atoms with Gasteiger partial charge in [0.05, 0.1) is 10.6 Å². The zero-order valence-electron chi connectivity index (χ0n) is 11.7. The van der Waals surface area contributed by atoms with Crippen molar-refractivity contribution in [2.45, 2.75) is 11.8 Å². The molecule has 0 spiro atoms. The van der Waals surface area contributed by atoms with Crippen molar-refractivity contribution in [3.05, 3.63) is 70.4 Å². The molecule has 110 valence electrons. The van der Waals surface area contributed by atoms with Crippen molar-refractivity contribution in [3.8, 4) is 0 Å². The van der Waals surface area contributed by atoms with Gasteiger partial charge in [-0.25, -0.2) is 0 Å². The zero-order chi connectivity index (χ0) is 15.7. The van der Waals surface area contributed by atoms with Crippen LogP contribution in [0.1, 0.15) is 12.5 Å². The molecule has 0 aliphatic carbocycles. The van der Waals surface area contributed by atoms with Crippen LogP contribution in [-0.2, 0) is 4.79 Å². The number of rotatable bonds is 2. The molecule has 0 radical (unpaired) electrons. The second-order valence-corrected chi connectivity index (χ2v) is 5.84. The van der Waals surface area contributed by atoms with E-state index in [4.69, 9.17) is 0 Å². The van der Waals surface area contributed by atoms with Gasteiger partial charge in [-0.3, -0.25) is 19.8 Å². The van der Waals surface area contributed by atoms with Crippen LogP contribution in [0.5, 0.6) is 0 Å². The number of hydrogen-bond donors (Lipinski definition) is 0. The van der Waals surface area contributed by atoms with E-state index >= 15 is 0 Å². The number of benzene rings is 2. The minimum atomic E-state index is -0.427. The number of anilines is 1. The molecule has 0 bridgehead atoms. The highest BCUT2D eigenvalue weighted by molar-refractivity contribution is 8.08. The fourth-order valence-corrected chi connectivity index (χ4v) is 3.28. The topological polar surface area (TPSA) is 63.5 Å². The zero-order valence-corrected chi connectivity index (χ0v) is 12.5. The van der Waals surface area contributed by atoms with Gasteiger partial charge in [0.1, 0.15) is 0 Å². The first kappa shape index (κ1) is 14.3. The molecule has 22 heavy (non-hydrogen) atoms. The lowest BCUT2D eigenvalue weighted by Crippen LogP contribution is -2.24. The Hall–Kier alpha value is -2.60. The van der Waals surface area contributed by atoms with Gasteiger partial charge < -0.3 is 0 Å². The van der Waals surface area contributed by atoms with Gasteiger partial charge in [-0.05, 0) is 29.8 Å². The third-order valence-electron chi connectivity index (χ3n) is 3.29. The molecule has 2 aromatic carbocycles. The first-order valence-electron chi connectivity index (χ1n) is 6.59. The van der Waals surface area contributed by atoms with E-state index in [2.05, 4.69) is 0 Å². The molecule has 1 amide bonds. The Balaban J connectivity index is 2.01. The number of nitro benzene ring substituents is 1. The number of fused-ring (bicyclic) bond motifs is 1. The number of thioether (sulfide) groups is 1. The van der Waals surface area contributed by atoms with E-state index in [1.54, 1.807) is 35.0 Å². The van der Waals surface area contributed by atoms with Gasteiger partial charge in [-0.2, -0.15) is 0 Å². The highest BCUT2D eigenvalue weighted by Gasteiger charge is 2.21. The maximum absolute atomic E-state index is 11.9. The van der Waals surface area contributed by atoms with E-state index in [1.165, 1.54) is 19.1 Å². The van der Waals surface area contributed by atoms with Crippen molar-refractivity contribution >= 4 is 33.9 Å². The van der Waals surface area contributed by atoms with Crippen molar-refractivity contribution in [2.24, 2.45) is 0 Å². The normalized spacial score (nSPS) is 13.3. The highest BCUT2D eigenvalue weighted by Crippen LogP contribution is 2.44. The molecular weight excluding hydrogens is 300 g/mol. The summed E-state index contributed by atoms with van der Waals surface area (Å²) in [4.78, 5) is 25.6. The van der Waals surface area contributed by atoms with E-state index in [-0.39, 0.29) is 11.6 Å². The first-order chi connectivity index (χ1) is 10.6. The van der Waals surface area contributed by atoms with Crippen LogP contribution >= 0.6 is 11.8 Å². The van der Waals surface area contributed by atoms with Crippen LogP contribution in [-0.4, -0.2) is 10.8 Å². The van der Waals surface area contributed by atoms with Gasteiger partial charge >= 0.3 is 0 Å². The molecule has 0 aromatic heterocycles. The molecule has 0 unspecified atom stereocenters. The number of carbonyl (C=O) groups excluding carboxylic acids is 1. The summed E-state index contributed by atoms with van der Waals surface area (Å²) in [7, 11) is 0. The first-order valence-corrected chi connectivity index (χ1v) is 7.41.